The Morgan fingerprint density at radius 2 is 1.52 bits per heavy atom. The second-order valence-corrected chi connectivity index (χ2v) is 7.88. The molecule has 8 heteroatoms. The fourth-order valence-electron chi connectivity index (χ4n) is 3.11. The monoisotopic (exact) mass is 475 g/mol. The highest BCUT2D eigenvalue weighted by molar-refractivity contribution is 9.10. The largest absolute Gasteiger partial charge is 0.398 e. The summed E-state index contributed by atoms with van der Waals surface area (Å²) in [5, 5.41) is 6.37. The molecule has 2 amide bonds. The maximum atomic E-state index is 12.7. The second kappa shape index (κ2) is 8.53. The fraction of sp³-hybridized carbons (Fsp3) is 0.0435. The normalized spacial score (nSPS) is 10.6. The van der Waals surface area contributed by atoms with E-state index in [0.29, 0.717) is 28.2 Å². The van der Waals surface area contributed by atoms with Crippen LogP contribution in [0.4, 0.5) is 17.1 Å². The number of carbonyl (C=O) groups is 2. The Morgan fingerprint density at radius 1 is 0.871 bits per heavy atom. The molecule has 7 nitrogen and oxygen atoms in total. The molecule has 2 aromatic heterocycles. The van der Waals surface area contributed by atoms with Crippen molar-refractivity contribution in [2.24, 2.45) is 0 Å². The molecule has 154 valence electrons. The summed E-state index contributed by atoms with van der Waals surface area (Å²) in [6.07, 6.45) is 3.09. The Kier molecular flexibility index (Phi) is 5.64. The van der Waals surface area contributed by atoms with Gasteiger partial charge >= 0.3 is 0 Å². The van der Waals surface area contributed by atoms with Gasteiger partial charge in [-0.05, 0) is 77.5 Å². The van der Waals surface area contributed by atoms with Crippen LogP contribution >= 0.6 is 15.9 Å². The van der Waals surface area contributed by atoms with Gasteiger partial charge in [-0.2, -0.15) is 0 Å². The Labute approximate surface area is 186 Å². The Hall–Kier alpha value is -3.78. The zero-order chi connectivity index (χ0) is 22.0. The van der Waals surface area contributed by atoms with Crippen LogP contribution in [0.2, 0.25) is 0 Å². The van der Waals surface area contributed by atoms with Gasteiger partial charge in [0.1, 0.15) is 0 Å². The van der Waals surface area contributed by atoms with Crippen LogP contribution < -0.4 is 16.4 Å². The fourth-order valence-corrected chi connectivity index (χ4v) is 3.48. The number of nitrogens with zero attached hydrogens (tertiary/aromatic N) is 2. The number of fused-ring (bicyclic) bond motifs is 1. The first-order valence-electron chi connectivity index (χ1n) is 9.39. The van der Waals surface area contributed by atoms with Crippen molar-refractivity contribution in [1.82, 2.24) is 9.97 Å². The van der Waals surface area contributed by atoms with Crippen molar-refractivity contribution < 1.29 is 9.59 Å². The quantitative estimate of drug-likeness (QED) is 0.393. The molecule has 2 heterocycles. The van der Waals surface area contributed by atoms with Gasteiger partial charge in [-0.25, -0.2) is 0 Å². The standard InChI is InChI=1S/C23H18BrN5O2/c1-13-8-20(25)19-10-14(2-7-21(19)27-13)22(30)28-17-3-5-18(6-4-17)29-23(31)15-9-16(24)12-26-11-15/h2-12H,1H3,(H2,25,27)(H,28,30)(H,29,31). The van der Waals surface area contributed by atoms with Crippen molar-refractivity contribution in [3.63, 3.8) is 0 Å². The Morgan fingerprint density at radius 3 is 2.16 bits per heavy atom. The molecule has 0 spiro atoms. The van der Waals surface area contributed by atoms with Gasteiger partial charge in [-0.3, -0.25) is 19.6 Å². The van der Waals surface area contributed by atoms with Crippen molar-refractivity contribution in [2.75, 3.05) is 16.4 Å². The molecule has 0 bridgehead atoms. The van der Waals surface area contributed by atoms with Crippen LogP contribution in [-0.2, 0) is 0 Å². The molecule has 0 unspecified atom stereocenters. The van der Waals surface area contributed by atoms with Crippen LogP contribution in [0.3, 0.4) is 0 Å². The first kappa shape index (κ1) is 20.5. The maximum absolute atomic E-state index is 12.7. The molecule has 2 aromatic carbocycles. The number of aryl methyl sites for hydroxylation is 1. The summed E-state index contributed by atoms with van der Waals surface area (Å²) in [5.41, 5.74) is 10.3. The zero-order valence-corrected chi connectivity index (χ0v) is 18.1. The number of anilines is 3. The summed E-state index contributed by atoms with van der Waals surface area (Å²) in [7, 11) is 0. The number of hydrogen-bond acceptors (Lipinski definition) is 5. The van der Waals surface area contributed by atoms with Crippen LogP contribution in [-0.4, -0.2) is 21.8 Å². The number of halogens is 1. The maximum Gasteiger partial charge on any atom is 0.257 e. The van der Waals surface area contributed by atoms with E-state index in [1.807, 2.05) is 6.92 Å². The SMILES string of the molecule is Cc1cc(N)c2cc(C(=O)Nc3ccc(NC(=O)c4cncc(Br)c4)cc3)ccc2n1. The number of pyridine rings is 2. The Balaban J connectivity index is 1.45. The minimum absolute atomic E-state index is 0.265. The first-order valence-corrected chi connectivity index (χ1v) is 10.2. The molecule has 0 aliphatic heterocycles. The van der Waals surface area contributed by atoms with Gasteiger partial charge in [0.15, 0.2) is 0 Å². The molecule has 0 aliphatic rings. The molecule has 0 saturated heterocycles. The van der Waals surface area contributed by atoms with E-state index in [9.17, 15) is 9.59 Å². The topological polar surface area (TPSA) is 110 Å². The van der Waals surface area contributed by atoms with Gasteiger partial charge in [0.05, 0.1) is 11.1 Å². The van der Waals surface area contributed by atoms with Crippen molar-refractivity contribution >= 4 is 55.7 Å². The van der Waals surface area contributed by atoms with Crippen LogP contribution in [0, 0.1) is 6.92 Å². The summed E-state index contributed by atoms with van der Waals surface area (Å²) >= 11 is 3.29. The highest BCUT2D eigenvalue weighted by atomic mass is 79.9. The summed E-state index contributed by atoms with van der Waals surface area (Å²) in [6, 6.07) is 15.5. The van der Waals surface area contributed by atoms with E-state index in [1.165, 1.54) is 6.20 Å². The van der Waals surface area contributed by atoms with Gasteiger partial charge in [-0.15, -0.1) is 0 Å². The van der Waals surface area contributed by atoms with E-state index in [2.05, 4.69) is 36.5 Å². The van der Waals surface area contributed by atoms with Crippen molar-refractivity contribution in [3.8, 4) is 0 Å². The third-order valence-electron chi connectivity index (χ3n) is 4.60. The number of nitrogen functional groups attached to an aromatic ring is 1. The molecule has 0 saturated carbocycles. The van der Waals surface area contributed by atoms with E-state index < -0.39 is 0 Å². The molecule has 0 aliphatic carbocycles. The molecule has 4 N–H and O–H groups in total. The predicted molar refractivity (Wildman–Crippen MR) is 125 cm³/mol. The van der Waals surface area contributed by atoms with Gasteiger partial charge in [0.25, 0.3) is 11.8 Å². The van der Waals surface area contributed by atoms with Gasteiger partial charge < -0.3 is 16.4 Å². The molecule has 31 heavy (non-hydrogen) atoms. The number of nitrogens with one attached hydrogen (secondary N) is 2. The smallest absolute Gasteiger partial charge is 0.257 e. The number of rotatable bonds is 4. The van der Waals surface area contributed by atoms with E-state index in [1.54, 1.807) is 60.8 Å². The number of amides is 2. The minimum Gasteiger partial charge on any atom is -0.398 e. The molecular weight excluding hydrogens is 458 g/mol. The number of benzene rings is 2. The summed E-state index contributed by atoms with van der Waals surface area (Å²) in [4.78, 5) is 33.4. The third-order valence-corrected chi connectivity index (χ3v) is 5.03. The summed E-state index contributed by atoms with van der Waals surface area (Å²) < 4.78 is 0.722. The zero-order valence-electron chi connectivity index (χ0n) is 16.5. The molecular formula is C23H18BrN5O2. The third kappa shape index (κ3) is 4.70. The number of carbonyl (C=O) groups excluding carboxylic acids is 2. The van der Waals surface area contributed by atoms with Crippen molar-refractivity contribution in [2.45, 2.75) is 6.92 Å². The van der Waals surface area contributed by atoms with Gasteiger partial charge in [0.2, 0.25) is 0 Å². The van der Waals surface area contributed by atoms with E-state index in [-0.39, 0.29) is 11.8 Å². The molecule has 0 atom stereocenters. The van der Waals surface area contributed by atoms with E-state index in [0.717, 1.165) is 21.1 Å². The highest BCUT2D eigenvalue weighted by Gasteiger charge is 2.11. The average molecular weight is 476 g/mol. The lowest BCUT2D eigenvalue weighted by Crippen LogP contribution is -2.13. The molecule has 4 rings (SSSR count). The number of hydrogen-bond donors (Lipinski definition) is 3. The molecule has 4 aromatic rings. The number of aromatic nitrogens is 2. The lowest BCUT2D eigenvalue weighted by molar-refractivity contribution is 0.101. The highest BCUT2D eigenvalue weighted by Crippen LogP contribution is 2.23. The van der Waals surface area contributed by atoms with E-state index in [4.69, 9.17) is 5.73 Å². The lowest BCUT2D eigenvalue weighted by atomic mass is 10.1. The number of nitrogens with two attached hydrogens (primary N) is 1. The second-order valence-electron chi connectivity index (χ2n) is 6.96. The van der Waals surface area contributed by atoms with Crippen LogP contribution in [0.15, 0.2) is 71.5 Å². The van der Waals surface area contributed by atoms with E-state index >= 15 is 0 Å². The first-order chi connectivity index (χ1) is 14.9. The average Bonchev–Trinajstić information content (AvgIpc) is 2.74. The van der Waals surface area contributed by atoms with Gasteiger partial charge in [0, 0.05) is 50.6 Å². The lowest BCUT2D eigenvalue weighted by Gasteiger charge is -2.09. The van der Waals surface area contributed by atoms with Crippen molar-refractivity contribution in [3.05, 3.63) is 88.3 Å². The van der Waals surface area contributed by atoms with Crippen LogP contribution in [0.5, 0.6) is 0 Å². The molecule has 0 radical (unpaired) electrons. The van der Waals surface area contributed by atoms with Crippen LogP contribution in [0.1, 0.15) is 26.4 Å². The van der Waals surface area contributed by atoms with Crippen LogP contribution in [0.25, 0.3) is 10.9 Å². The summed E-state index contributed by atoms with van der Waals surface area (Å²) in [5.74, 6) is -0.540. The van der Waals surface area contributed by atoms with Gasteiger partial charge in [-0.1, -0.05) is 0 Å². The predicted octanol–water partition coefficient (Wildman–Crippen LogP) is 4.79. The summed E-state index contributed by atoms with van der Waals surface area (Å²) in [6.45, 7) is 1.87. The Bertz CT molecular complexity index is 1310. The molecule has 0 fully saturated rings. The minimum atomic E-state index is -0.275. The van der Waals surface area contributed by atoms with Crippen molar-refractivity contribution in [1.29, 1.82) is 0 Å².